The molecule has 0 aliphatic rings. The number of hydrogen-bond acceptors (Lipinski definition) is 1. The summed E-state index contributed by atoms with van der Waals surface area (Å²) in [6.45, 7) is 7.96. The average molecular weight is 181 g/mol. The first kappa shape index (κ1) is 10.2. The molecule has 0 N–H and O–H groups in total. The van der Waals surface area contributed by atoms with Gasteiger partial charge in [0.05, 0.1) is 0 Å². The number of rotatable bonds is 2. The van der Waals surface area contributed by atoms with Crippen molar-refractivity contribution in [1.82, 2.24) is 4.98 Å². The van der Waals surface area contributed by atoms with E-state index >= 15 is 0 Å². The van der Waals surface area contributed by atoms with E-state index < -0.39 is 0 Å². The van der Waals surface area contributed by atoms with Gasteiger partial charge in [-0.1, -0.05) is 27.7 Å². The van der Waals surface area contributed by atoms with Gasteiger partial charge in [0.2, 0.25) is 0 Å². The molecular weight excluding hydrogens is 165 g/mol. The van der Waals surface area contributed by atoms with Gasteiger partial charge in [-0.15, -0.1) is 0 Å². The predicted octanol–water partition coefficient (Wildman–Crippen LogP) is 3.47. The fourth-order valence-corrected chi connectivity index (χ4v) is 1.20. The quantitative estimate of drug-likeness (QED) is 0.680. The third-order valence-electron chi connectivity index (χ3n) is 2.12. The molecule has 1 nitrogen and oxygen atoms in total. The highest BCUT2D eigenvalue weighted by Gasteiger charge is 2.09. The molecule has 1 heterocycles. The molecule has 0 unspecified atom stereocenters. The minimum atomic E-state index is -0.131. The van der Waals surface area contributed by atoms with E-state index in [9.17, 15) is 4.39 Å². The zero-order chi connectivity index (χ0) is 10.0. The number of hydrogen-bond donors (Lipinski definition) is 0. The molecule has 1 rings (SSSR count). The monoisotopic (exact) mass is 181 g/mol. The molecule has 0 atom stereocenters. The maximum atomic E-state index is 13.4. The fourth-order valence-electron chi connectivity index (χ4n) is 1.20. The molecule has 0 aliphatic carbocycles. The summed E-state index contributed by atoms with van der Waals surface area (Å²) in [4.78, 5) is 4.22. The van der Waals surface area contributed by atoms with E-state index in [1.807, 2.05) is 27.7 Å². The molecule has 0 amide bonds. The van der Waals surface area contributed by atoms with Gasteiger partial charge in [-0.2, -0.15) is 0 Å². The molecule has 1 aromatic rings. The van der Waals surface area contributed by atoms with E-state index in [-0.39, 0.29) is 17.7 Å². The zero-order valence-electron chi connectivity index (χ0n) is 8.63. The van der Waals surface area contributed by atoms with Gasteiger partial charge < -0.3 is 0 Å². The SMILES string of the molecule is CC(C)c1cc(F)c(C(C)C)cn1. The second-order valence-corrected chi connectivity index (χ2v) is 3.94. The van der Waals surface area contributed by atoms with E-state index in [1.165, 1.54) is 0 Å². The Bertz CT molecular complexity index is 292. The summed E-state index contributed by atoms with van der Waals surface area (Å²) in [5, 5.41) is 0. The van der Waals surface area contributed by atoms with Gasteiger partial charge in [-0.25, -0.2) is 4.39 Å². The molecule has 13 heavy (non-hydrogen) atoms. The first-order valence-corrected chi connectivity index (χ1v) is 4.67. The minimum absolute atomic E-state index is 0.131. The van der Waals surface area contributed by atoms with Crippen LogP contribution in [0.5, 0.6) is 0 Å². The lowest BCUT2D eigenvalue weighted by atomic mass is 10.0. The molecule has 1 aromatic heterocycles. The van der Waals surface area contributed by atoms with Gasteiger partial charge in [0.1, 0.15) is 5.82 Å². The lowest BCUT2D eigenvalue weighted by Crippen LogP contribution is -1.99. The van der Waals surface area contributed by atoms with E-state index in [1.54, 1.807) is 12.3 Å². The normalized spacial score (nSPS) is 11.3. The lowest BCUT2D eigenvalue weighted by molar-refractivity contribution is 0.588. The number of halogens is 1. The summed E-state index contributed by atoms with van der Waals surface area (Å²) in [7, 11) is 0. The minimum Gasteiger partial charge on any atom is -0.261 e. The Morgan fingerprint density at radius 1 is 1.15 bits per heavy atom. The van der Waals surface area contributed by atoms with E-state index in [0.29, 0.717) is 5.56 Å². The summed E-state index contributed by atoms with van der Waals surface area (Å²) in [6.07, 6.45) is 1.65. The van der Waals surface area contributed by atoms with Crippen LogP contribution in [-0.2, 0) is 0 Å². The van der Waals surface area contributed by atoms with Crippen molar-refractivity contribution in [3.05, 3.63) is 29.3 Å². The van der Waals surface area contributed by atoms with Crippen LogP contribution >= 0.6 is 0 Å². The number of aromatic nitrogens is 1. The molecular formula is C11H16FN. The van der Waals surface area contributed by atoms with Gasteiger partial charge in [0.15, 0.2) is 0 Å². The summed E-state index contributed by atoms with van der Waals surface area (Å²) in [5.41, 5.74) is 1.52. The molecule has 0 aromatic carbocycles. The van der Waals surface area contributed by atoms with Crippen LogP contribution in [0.25, 0.3) is 0 Å². The van der Waals surface area contributed by atoms with Crippen molar-refractivity contribution in [3.63, 3.8) is 0 Å². The lowest BCUT2D eigenvalue weighted by Gasteiger charge is -2.09. The molecule has 0 saturated carbocycles. The molecule has 0 bridgehead atoms. The predicted molar refractivity (Wildman–Crippen MR) is 52.4 cm³/mol. The van der Waals surface area contributed by atoms with Crippen molar-refractivity contribution in [2.75, 3.05) is 0 Å². The molecule has 72 valence electrons. The molecule has 0 fully saturated rings. The Morgan fingerprint density at radius 2 is 1.77 bits per heavy atom. The van der Waals surface area contributed by atoms with E-state index in [2.05, 4.69) is 4.98 Å². The molecule has 0 spiro atoms. The van der Waals surface area contributed by atoms with Gasteiger partial charge in [0, 0.05) is 17.5 Å². The maximum absolute atomic E-state index is 13.4. The number of nitrogens with zero attached hydrogens (tertiary/aromatic N) is 1. The summed E-state index contributed by atoms with van der Waals surface area (Å²) in [5.74, 6) is 0.359. The average Bonchev–Trinajstić information content (AvgIpc) is 2.03. The Kier molecular flexibility index (Phi) is 3.02. The van der Waals surface area contributed by atoms with Crippen molar-refractivity contribution in [3.8, 4) is 0 Å². The second kappa shape index (κ2) is 3.86. The Morgan fingerprint density at radius 3 is 2.15 bits per heavy atom. The van der Waals surface area contributed by atoms with Crippen molar-refractivity contribution in [1.29, 1.82) is 0 Å². The third kappa shape index (κ3) is 2.27. The molecule has 0 aliphatic heterocycles. The van der Waals surface area contributed by atoms with Gasteiger partial charge >= 0.3 is 0 Å². The van der Waals surface area contributed by atoms with Crippen molar-refractivity contribution >= 4 is 0 Å². The first-order valence-electron chi connectivity index (χ1n) is 4.67. The maximum Gasteiger partial charge on any atom is 0.130 e. The smallest absolute Gasteiger partial charge is 0.130 e. The van der Waals surface area contributed by atoms with Crippen LogP contribution in [0.4, 0.5) is 4.39 Å². The van der Waals surface area contributed by atoms with Crippen LogP contribution in [0.3, 0.4) is 0 Å². The highest BCUT2D eigenvalue weighted by Crippen LogP contribution is 2.20. The summed E-state index contributed by atoms with van der Waals surface area (Å²) < 4.78 is 13.4. The molecule has 0 saturated heterocycles. The summed E-state index contributed by atoms with van der Waals surface area (Å²) >= 11 is 0. The van der Waals surface area contributed by atoms with Crippen LogP contribution in [0.15, 0.2) is 12.3 Å². The van der Waals surface area contributed by atoms with Crippen molar-refractivity contribution < 1.29 is 4.39 Å². The Labute approximate surface area is 79.0 Å². The Hall–Kier alpha value is -0.920. The van der Waals surface area contributed by atoms with Crippen LogP contribution in [0.1, 0.15) is 50.8 Å². The standard InChI is InChI=1S/C11H16FN/c1-7(2)9-6-13-11(8(3)4)5-10(9)12/h5-8H,1-4H3. The molecule has 2 heteroatoms. The zero-order valence-corrected chi connectivity index (χ0v) is 8.63. The van der Waals surface area contributed by atoms with Crippen molar-refractivity contribution in [2.24, 2.45) is 0 Å². The van der Waals surface area contributed by atoms with Crippen LogP contribution < -0.4 is 0 Å². The second-order valence-electron chi connectivity index (χ2n) is 3.94. The van der Waals surface area contributed by atoms with Gasteiger partial charge in [-0.05, 0) is 17.9 Å². The van der Waals surface area contributed by atoms with Gasteiger partial charge in [0.25, 0.3) is 0 Å². The highest BCUT2D eigenvalue weighted by molar-refractivity contribution is 5.21. The number of pyridine rings is 1. The highest BCUT2D eigenvalue weighted by atomic mass is 19.1. The van der Waals surface area contributed by atoms with Crippen molar-refractivity contribution in [2.45, 2.75) is 39.5 Å². The largest absolute Gasteiger partial charge is 0.261 e. The van der Waals surface area contributed by atoms with E-state index in [4.69, 9.17) is 0 Å². The van der Waals surface area contributed by atoms with Gasteiger partial charge in [-0.3, -0.25) is 4.98 Å². The molecule has 0 radical (unpaired) electrons. The van der Waals surface area contributed by atoms with Crippen LogP contribution in [0.2, 0.25) is 0 Å². The van der Waals surface area contributed by atoms with Crippen LogP contribution in [0, 0.1) is 5.82 Å². The summed E-state index contributed by atoms with van der Waals surface area (Å²) in [6, 6.07) is 1.54. The van der Waals surface area contributed by atoms with E-state index in [0.717, 1.165) is 5.69 Å². The topological polar surface area (TPSA) is 12.9 Å². The van der Waals surface area contributed by atoms with Crippen LogP contribution in [-0.4, -0.2) is 4.98 Å². The Balaban J connectivity index is 3.06. The fraction of sp³-hybridized carbons (Fsp3) is 0.545. The third-order valence-corrected chi connectivity index (χ3v) is 2.12. The first-order chi connectivity index (χ1) is 6.02.